The third-order valence-corrected chi connectivity index (χ3v) is 4.85. The Kier molecular flexibility index (Phi) is 3.79. The first kappa shape index (κ1) is 13.0. The van der Waals surface area contributed by atoms with E-state index in [2.05, 4.69) is 41.4 Å². The van der Waals surface area contributed by atoms with Gasteiger partial charge in [-0.1, -0.05) is 31.5 Å². The van der Waals surface area contributed by atoms with E-state index in [0.29, 0.717) is 5.41 Å². The monoisotopic (exact) mass is 258 g/mol. The number of rotatable bonds is 4. The number of benzene rings is 1. The highest BCUT2D eigenvalue weighted by Gasteiger charge is 2.34. The van der Waals surface area contributed by atoms with Gasteiger partial charge < -0.3 is 10.2 Å². The molecule has 1 atom stereocenters. The van der Waals surface area contributed by atoms with Crippen LogP contribution in [0.4, 0.5) is 5.69 Å². The van der Waals surface area contributed by atoms with Gasteiger partial charge in [-0.05, 0) is 43.9 Å². The van der Waals surface area contributed by atoms with Crippen LogP contribution in [0.5, 0.6) is 0 Å². The van der Waals surface area contributed by atoms with Crippen LogP contribution < -0.4 is 10.2 Å². The van der Waals surface area contributed by atoms with Crippen LogP contribution in [0.25, 0.3) is 0 Å². The quantitative estimate of drug-likeness (QED) is 0.892. The lowest BCUT2D eigenvalue weighted by Gasteiger charge is -2.41. The maximum atomic E-state index is 3.63. The van der Waals surface area contributed by atoms with Gasteiger partial charge in [0.05, 0.1) is 0 Å². The van der Waals surface area contributed by atoms with Gasteiger partial charge >= 0.3 is 0 Å². The average molecular weight is 258 g/mol. The van der Waals surface area contributed by atoms with E-state index >= 15 is 0 Å². The Balaban J connectivity index is 1.76. The number of para-hydroxylation sites is 1. The molecule has 3 rings (SSSR count). The molecule has 104 valence electrons. The highest BCUT2D eigenvalue weighted by atomic mass is 15.2. The second-order valence-corrected chi connectivity index (χ2v) is 6.33. The molecular weight excluding hydrogens is 232 g/mol. The number of nitrogens with one attached hydrogen (secondary N) is 1. The van der Waals surface area contributed by atoms with Crippen LogP contribution in [0.3, 0.4) is 0 Å². The van der Waals surface area contributed by atoms with E-state index < -0.39 is 0 Å². The van der Waals surface area contributed by atoms with E-state index in [0.717, 1.165) is 0 Å². The van der Waals surface area contributed by atoms with Crippen molar-refractivity contribution in [1.82, 2.24) is 5.32 Å². The minimum absolute atomic E-state index is 0.504. The molecule has 1 fully saturated rings. The predicted octanol–water partition coefficient (Wildman–Crippen LogP) is 3.22. The van der Waals surface area contributed by atoms with Gasteiger partial charge in [-0.25, -0.2) is 0 Å². The Morgan fingerprint density at radius 2 is 2.21 bits per heavy atom. The van der Waals surface area contributed by atoms with Crippen LogP contribution in [0.1, 0.15) is 38.2 Å². The van der Waals surface area contributed by atoms with Gasteiger partial charge in [0.2, 0.25) is 0 Å². The Labute approximate surface area is 117 Å². The number of anilines is 1. The number of hydrogen-bond donors (Lipinski definition) is 1. The van der Waals surface area contributed by atoms with Crippen molar-refractivity contribution in [2.45, 2.75) is 39.0 Å². The Morgan fingerprint density at radius 3 is 3.00 bits per heavy atom. The molecule has 1 N–H and O–H groups in total. The largest absolute Gasteiger partial charge is 0.370 e. The van der Waals surface area contributed by atoms with Crippen LogP contribution in [-0.2, 0) is 6.42 Å². The van der Waals surface area contributed by atoms with E-state index in [1.807, 2.05) is 0 Å². The summed E-state index contributed by atoms with van der Waals surface area (Å²) in [5.74, 6) is 0. The van der Waals surface area contributed by atoms with Crippen molar-refractivity contribution in [2.24, 2.45) is 5.41 Å². The lowest BCUT2D eigenvalue weighted by Crippen LogP contribution is -2.47. The number of piperidine rings is 1. The summed E-state index contributed by atoms with van der Waals surface area (Å²) in [4.78, 5) is 2.64. The Bertz CT molecular complexity index is 416. The van der Waals surface area contributed by atoms with E-state index in [-0.39, 0.29) is 0 Å². The van der Waals surface area contributed by atoms with Crippen molar-refractivity contribution in [2.75, 3.05) is 31.1 Å². The zero-order valence-electron chi connectivity index (χ0n) is 12.1. The minimum atomic E-state index is 0.504. The van der Waals surface area contributed by atoms with Gasteiger partial charge in [0.1, 0.15) is 0 Å². The van der Waals surface area contributed by atoms with Crippen LogP contribution in [0, 0.1) is 5.41 Å². The molecule has 1 aromatic rings. The summed E-state index contributed by atoms with van der Waals surface area (Å²) >= 11 is 0. The van der Waals surface area contributed by atoms with Gasteiger partial charge in [0, 0.05) is 30.7 Å². The summed E-state index contributed by atoms with van der Waals surface area (Å²) in [6, 6.07) is 8.95. The van der Waals surface area contributed by atoms with Crippen LogP contribution in [-0.4, -0.2) is 26.2 Å². The lowest BCUT2D eigenvalue weighted by molar-refractivity contribution is 0.195. The van der Waals surface area contributed by atoms with Crippen molar-refractivity contribution in [3.8, 4) is 0 Å². The molecule has 0 amide bonds. The van der Waals surface area contributed by atoms with Crippen LogP contribution >= 0.6 is 0 Å². The van der Waals surface area contributed by atoms with Crippen molar-refractivity contribution in [1.29, 1.82) is 0 Å². The van der Waals surface area contributed by atoms with E-state index in [4.69, 9.17) is 0 Å². The Morgan fingerprint density at radius 1 is 1.32 bits per heavy atom. The van der Waals surface area contributed by atoms with E-state index in [1.165, 1.54) is 69.5 Å². The maximum absolute atomic E-state index is 3.63. The first-order valence-electron chi connectivity index (χ1n) is 7.87. The predicted molar refractivity (Wildman–Crippen MR) is 81.8 cm³/mol. The second kappa shape index (κ2) is 5.54. The summed E-state index contributed by atoms with van der Waals surface area (Å²) in [6.07, 6.45) is 6.63. The van der Waals surface area contributed by atoms with Gasteiger partial charge in [0.25, 0.3) is 0 Å². The summed E-state index contributed by atoms with van der Waals surface area (Å²) in [6.45, 7) is 7.20. The molecule has 0 radical (unpaired) electrons. The molecular formula is C17H26N2. The molecule has 1 saturated heterocycles. The summed E-state index contributed by atoms with van der Waals surface area (Å²) < 4.78 is 0. The SMILES string of the molecule is CCCC1(CN2CCc3ccccc32)CCCNC1. The van der Waals surface area contributed by atoms with Crippen molar-refractivity contribution < 1.29 is 0 Å². The third-order valence-electron chi connectivity index (χ3n) is 4.85. The van der Waals surface area contributed by atoms with Crippen LogP contribution in [0.15, 0.2) is 24.3 Å². The molecule has 19 heavy (non-hydrogen) atoms. The average Bonchev–Trinajstić information content (AvgIpc) is 2.83. The summed E-state index contributed by atoms with van der Waals surface area (Å²) in [5, 5.41) is 3.63. The second-order valence-electron chi connectivity index (χ2n) is 6.33. The number of hydrogen-bond acceptors (Lipinski definition) is 2. The highest BCUT2D eigenvalue weighted by Crippen LogP contribution is 2.36. The molecule has 2 nitrogen and oxygen atoms in total. The fourth-order valence-corrected chi connectivity index (χ4v) is 3.96. The maximum Gasteiger partial charge on any atom is 0.0399 e. The molecule has 1 aromatic carbocycles. The van der Waals surface area contributed by atoms with Gasteiger partial charge in [-0.15, -0.1) is 0 Å². The lowest BCUT2D eigenvalue weighted by atomic mass is 9.76. The fraction of sp³-hybridized carbons (Fsp3) is 0.647. The topological polar surface area (TPSA) is 15.3 Å². The molecule has 0 aromatic heterocycles. The first-order chi connectivity index (χ1) is 9.33. The van der Waals surface area contributed by atoms with Crippen LogP contribution in [0.2, 0.25) is 0 Å². The number of nitrogens with zero attached hydrogens (tertiary/aromatic N) is 1. The third kappa shape index (κ3) is 2.64. The minimum Gasteiger partial charge on any atom is -0.370 e. The molecule has 2 aliphatic heterocycles. The molecule has 2 heterocycles. The first-order valence-corrected chi connectivity index (χ1v) is 7.87. The van der Waals surface area contributed by atoms with Gasteiger partial charge in [-0.3, -0.25) is 0 Å². The molecule has 1 unspecified atom stereocenters. The molecule has 0 saturated carbocycles. The van der Waals surface area contributed by atoms with E-state index in [9.17, 15) is 0 Å². The fourth-order valence-electron chi connectivity index (χ4n) is 3.96. The standard InChI is InChI=1S/C17H26N2/c1-2-9-17(10-5-11-18-13-17)14-19-12-8-15-6-3-4-7-16(15)19/h3-4,6-7,18H,2,5,8-14H2,1H3. The van der Waals surface area contributed by atoms with Gasteiger partial charge in [-0.2, -0.15) is 0 Å². The molecule has 0 spiro atoms. The van der Waals surface area contributed by atoms with E-state index in [1.54, 1.807) is 0 Å². The smallest absolute Gasteiger partial charge is 0.0399 e. The Hall–Kier alpha value is -1.02. The summed E-state index contributed by atoms with van der Waals surface area (Å²) in [7, 11) is 0. The summed E-state index contributed by atoms with van der Waals surface area (Å²) in [5.41, 5.74) is 3.53. The zero-order chi connectivity index (χ0) is 13.1. The highest BCUT2D eigenvalue weighted by molar-refractivity contribution is 5.58. The normalized spacial score (nSPS) is 26.5. The van der Waals surface area contributed by atoms with Gasteiger partial charge in [0.15, 0.2) is 0 Å². The molecule has 0 bridgehead atoms. The van der Waals surface area contributed by atoms with Crippen molar-refractivity contribution in [3.63, 3.8) is 0 Å². The molecule has 2 heteroatoms. The molecule has 0 aliphatic carbocycles. The zero-order valence-corrected chi connectivity index (χ0v) is 12.1. The van der Waals surface area contributed by atoms with Crippen molar-refractivity contribution >= 4 is 5.69 Å². The number of fused-ring (bicyclic) bond motifs is 1. The van der Waals surface area contributed by atoms with Crippen molar-refractivity contribution in [3.05, 3.63) is 29.8 Å². The molecule has 2 aliphatic rings.